The number of nitrogens with one attached hydrogen (secondary N) is 1. The van der Waals surface area contributed by atoms with Crippen LogP contribution in [0, 0.1) is 0 Å². The summed E-state index contributed by atoms with van der Waals surface area (Å²) in [5.41, 5.74) is 2.11. The number of morpholine rings is 1. The minimum Gasteiger partial charge on any atom is -0.495 e. The van der Waals surface area contributed by atoms with Gasteiger partial charge in [-0.15, -0.1) is 0 Å². The molecule has 0 aliphatic carbocycles. The molecule has 0 aromatic heterocycles. The summed E-state index contributed by atoms with van der Waals surface area (Å²) in [7, 11) is -2.23. The van der Waals surface area contributed by atoms with Crippen molar-refractivity contribution in [3.8, 4) is 5.75 Å². The molecule has 0 radical (unpaired) electrons. The van der Waals surface area contributed by atoms with E-state index in [9.17, 15) is 8.42 Å². The van der Waals surface area contributed by atoms with Crippen LogP contribution in [0.15, 0.2) is 51.8 Å². The Kier molecular flexibility index (Phi) is 6.88. The van der Waals surface area contributed by atoms with Crippen LogP contribution >= 0.6 is 15.9 Å². The normalized spacial score (nSPS) is 15.6. The highest BCUT2D eigenvalue weighted by atomic mass is 79.9. The summed E-state index contributed by atoms with van der Waals surface area (Å²) in [6.45, 7) is 4.53. The van der Waals surface area contributed by atoms with Crippen LogP contribution in [0.5, 0.6) is 5.75 Å². The second-order valence-corrected chi connectivity index (χ2v) is 8.98. The van der Waals surface area contributed by atoms with Gasteiger partial charge in [-0.2, -0.15) is 0 Å². The minimum absolute atomic E-state index is 0.114. The molecule has 0 unspecified atom stereocenters. The van der Waals surface area contributed by atoms with E-state index < -0.39 is 10.0 Å². The minimum atomic E-state index is -3.68. The predicted molar refractivity (Wildman–Crippen MR) is 107 cm³/mol. The SMILES string of the molecule is COc1ccc(Br)cc1S(=O)(=O)NCc1ccc(CN2CCOCC2)cc1. The summed E-state index contributed by atoms with van der Waals surface area (Å²) in [6, 6.07) is 12.9. The number of rotatable bonds is 7. The van der Waals surface area contributed by atoms with Crippen molar-refractivity contribution in [3.05, 3.63) is 58.1 Å². The monoisotopic (exact) mass is 454 g/mol. The van der Waals surface area contributed by atoms with Crippen molar-refractivity contribution >= 4 is 26.0 Å². The lowest BCUT2D eigenvalue weighted by molar-refractivity contribution is 0.0342. The zero-order valence-corrected chi connectivity index (χ0v) is 17.6. The summed E-state index contributed by atoms with van der Waals surface area (Å²) in [5.74, 6) is 0.312. The van der Waals surface area contributed by atoms with Crippen molar-refractivity contribution in [1.82, 2.24) is 9.62 Å². The van der Waals surface area contributed by atoms with Gasteiger partial charge in [-0.25, -0.2) is 13.1 Å². The number of hydrogen-bond acceptors (Lipinski definition) is 5. The maximum Gasteiger partial charge on any atom is 0.244 e. The van der Waals surface area contributed by atoms with Gasteiger partial charge in [0.05, 0.1) is 20.3 Å². The van der Waals surface area contributed by atoms with E-state index in [1.54, 1.807) is 12.1 Å². The third-order valence-corrected chi connectivity index (χ3v) is 6.33. The highest BCUT2D eigenvalue weighted by molar-refractivity contribution is 9.10. The van der Waals surface area contributed by atoms with Gasteiger partial charge in [0.15, 0.2) is 0 Å². The Hall–Kier alpha value is -1.45. The molecule has 146 valence electrons. The van der Waals surface area contributed by atoms with E-state index in [-0.39, 0.29) is 11.4 Å². The van der Waals surface area contributed by atoms with Crippen LogP contribution in [0.2, 0.25) is 0 Å². The van der Waals surface area contributed by atoms with Crippen LogP contribution in [0.25, 0.3) is 0 Å². The standard InChI is InChI=1S/C19H23BrN2O4S/c1-25-18-7-6-17(20)12-19(18)27(23,24)21-13-15-2-4-16(5-3-15)14-22-8-10-26-11-9-22/h2-7,12,21H,8-11,13-14H2,1H3. The Morgan fingerprint density at radius 3 is 2.44 bits per heavy atom. The lowest BCUT2D eigenvalue weighted by atomic mass is 10.1. The fraction of sp³-hybridized carbons (Fsp3) is 0.368. The first-order chi connectivity index (χ1) is 13.0. The van der Waals surface area contributed by atoms with Gasteiger partial charge in [0.2, 0.25) is 10.0 Å². The number of benzene rings is 2. The Labute approximate surface area is 168 Å². The largest absolute Gasteiger partial charge is 0.495 e. The summed E-state index contributed by atoms with van der Waals surface area (Å²) in [4.78, 5) is 2.46. The van der Waals surface area contributed by atoms with Crippen molar-refractivity contribution in [2.24, 2.45) is 0 Å². The molecule has 3 rings (SSSR count). The first-order valence-electron chi connectivity index (χ1n) is 8.69. The third-order valence-electron chi connectivity index (χ3n) is 4.41. The molecule has 0 bridgehead atoms. The second kappa shape index (κ2) is 9.16. The average Bonchev–Trinajstić information content (AvgIpc) is 2.68. The van der Waals surface area contributed by atoms with Crippen LogP contribution < -0.4 is 9.46 Å². The molecule has 1 fully saturated rings. The van der Waals surface area contributed by atoms with Gasteiger partial charge < -0.3 is 9.47 Å². The molecule has 6 nitrogen and oxygen atoms in total. The molecule has 0 saturated carbocycles. The molecule has 1 saturated heterocycles. The fourth-order valence-corrected chi connectivity index (χ4v) is 4.62. The molecule has 0 spiro atoms. The Balaban J connectivity index is 1.63. The fourth-order valence-electron chi connectivity index (χ4n) is 2.90. The molecule has 27 heavy (non-hydrogen) atoms. The van der Waals surface area contributed by atoms with Gasteiger partial charge >= 0.3 is 0 Å². The van der Waals surface area contributed by atoms with Gasteiger partial charge in [0.25, 0.3) is 0 Å². The molecule has 1 heterocycles. The summed E-state index contributed by atoms with van der Waals surface area (Å²) >= 11 is 3.30. The smallest absolute Gasteiger partial charge is 0.244 e. The van der Waals surface area contributed by atoms with E-state index in [4.69, 9.17) is 9.47 Å². The van der Waals surface area contributed by atoms with Crippen LogP contribution in [-0.4, -0.2) is 46.7 Å². The molecular formula is C19H23BrN2O4S. The number of nitrogens with zero attached hydrogens (tertiary/aromatic N) is 1. The van der Waals surface area contributed by atoms with Gasteiger partial charge in [-0.1, -0.05) is 40.2 Å². The van der Waals surface area contributed by atoms with Crippen molar-refractivity contribution in [2.45, 2.75) is 18.0 Å². The zero-order chi connectivity index (χ0) is 19.3. The number of sulfonamides is 1. The second-order valence-electron chi connectivity index (χ2n) is 6.32. The first kappa shape index (κ1) is 20.3. The van der Waals surface area contributed by atoms with E-state index in [1.165, 1.54) is 18.7 Å². The molecule has 1 N–H and O–H groups in total. The van der Waals surface area contributed by atoms with Crippen LogP contribution in [0.3, 0.4) is 0 Å². The molecule has 8 heteroatoms. The van der Waals surface area contributed by atoms with Crippen LogP contribution in [-0.2, 0) is 27.8 Å². The number of halogens is 1. The van der Waals surface area contributed by atoms with E-state index in [0.29, 0.717) is 10.2 Å². The van der Waals surface area contributed by atoms with Crippen molar-refractivity contribution < 1.29 is 17.9 Å². The van der Waals surface area contributed by atoms with E-state index in [1.807, 2.05) is 24.3 Å². The maximum absolute atomic E-state index is 12.6. The van der Waals surface area contributed by atoms with Gasteiger partial charge in [0.1, 0.15) is 10.6 Å². The summed E-state index contributed by atoms with van der Waals surface area (Å²) < 4.78 is 39.1. The molecular weight excluding hydrogens is 432 g/mol. The van der Waals surface area contributed by atoms with Gasteiger partial charge in [0, 0.05) is 30.7 Å². The number of ether oxygens (including phenoxy) is 2. The highest BCUT2D eigenvalue weighted by Crippen LogP contribution is 2.27. The van der Waals surface area contributed by atoms with E-state index in [2.05, 4.69) is 25.6 Å². The van der Waals surface area contributed by atoms with Crippen LogP contribution in [0.4, 0.5) is 0 Å². The first-order valence-corrected chi connectivity index (χ1v) is 11.0. The maximum atomic E-state index is 12.6. The van der Waals surface area contributed by atoms with Crippen molar-refractivity contribution in [1.29, 1.82) is 0 Å². The lowest BCUT2D eigenvalue weighted by Crippen LogP contribution is -2.35. The summed E-state index contributed by atoms with van der Waals surface area (Å²) in [6.07, 6.45) is 0. The Bertz CT molecular complexity index is 866. The quantitative estimate of drug-likeness (QED) is 0.696. The van der Waals surface area contributed by atoms with Gasteiger partial charge in [-0.05, 0) is 29.3 Å². The Morgan fingerprint density at radius 1 is 1.11 bits per heavy atom. The molecule has 2 aromatic rings. The van der Waals surface area contributed by atoms with Crippen molar-refractivity contribution in [3.63, 3.8) is 0 Å². The van der Waals surface area contributed by atoms with E-state index in [0.717, 1.165) is 38.4 Å². The molecule has 2 aromatic carbocycles. The molecule has 0 atom stereocenters. The number of hydrogen-bond donors (Lipinski definition) is 1. The summed E-state index contributed by atoms with van der Waals surface area (Å²) in [5, 5.41) is 0. The third kappa shape index (κ3) is 5.52. The Morgan fingerprint density at radius 2 is 1.78 bits per heavy atom. The predicted octanol–water partition coefficient (Wildman–Crippen LogP) is 2.77. The lowest BCUT2D eigenvalue weighted by Gasteiger charge is -2.26. The topological polar surface area (TPSA) is 67.9 Å². The molecule has 0 amide bonds. The molecule has 1 aliphatic heterocycles. The number of methoxy groups -OCH3 is 1. The van der Waals surface area contributed by atoms with E-state index >= 15 is 0 Å². The van der Waals surface area contributed by atoms with Gasteiger partial charge in [-0.3, -0.25) is 4.90 Å². The molecule has 1 aliphatic rings. The zero-order valence-electron chi connectivity index (χ0n) is 15.2. The highest BCUT2D eigenvalue weighted by Gasteiger charge is 2.19. The van der Waals surface area contributed by atoms with Crippen molar-refractivity contribution in [2.75, 3.05) is 33.4 Å². The average molecular weight is 455 g/mol. The van der Waals surface area contributed by atoms with Crippen LogP contribution in [0.1, 0.15) is 11.1 Å².